The predicted octanol–water partition coefficient (Wildman–Crippen LogP) is 6.50. The van der Waals surface area contributed by atoms with Crippen molar-refractivity contribution in [3.8, 4) is 11.1 Å². The van der Waals surface area contributed by atoms with Crippen LogP contribution < -0.4 is 5.32 Å². The number of anilines is 1. The van der Waals surface area contributed by atoms with Crippen molar-refractivity contribution in [1.82, 2.24) is 9.88 Å². The molecule has 0 aliphatic carbocycles. The second-order valence-electron chi connectivity index (χ2n) is 10.0. The lowest BCUT2D eigenvalue weighted by Crippen LogP contribution is -2.29. The minimum absolute atomic E-state index is 0.268. The van der Waals surface area contributed by atoms with Gasteiger partial charge in [0.1, 0.15) is 5.69 Å². The number of carbonyl (C=O) groups is 2. The van der Waals surface area contributed by atoms with Crippen LogP contribution in [0.2, 0.25) is 0 Å². The molecule has 0 saturated heterocycles. The summed E-state index contributed by atoms with van der Waals surface area (Å²) in [6, 6.07) is 33.6. The van der Waals surface area contributed by atoms with Crippen LogP contribution in [-0.2, 0) is 24.2 Å². The van der Waals surface area contributed by atoms with Crippen molar-refractivity contribution in [3.05, 3.63) is 131 Å². The van der Waals surface area contributed by atoms with Crippen LogP contribution in [0.5, 0.6) is 0 Å². The van der Waals surface area contributed by atoms with E-state index in [0.717, 1.165) is 48.1 Å². The van der Waals surface area contributed by atoms with Gasteiger partial charge in [-0.15, -0.1) is 0 Å². The Morgan fingerprint density at radius 1 is 0.850 bits per heavy atom. The van der Waals surface area contributed by atoms with Crippen LogP contribution in [0.15, 0.2) is 103 Å². The van der Waals surface area contributed by atoms with Gasteiger partial charge in [-0.3, -0.25) is 9.69 Å². The number of para-hydroxylation sites is 1. The van der Waals surface area contributed by atoms with Gasteiger partial charge in [0, 0.05) is 25.0 Å². The molecular weight excluding hydrogens is 498 g/mol. The second kappa shape index (κ2) is 11.1. The fraction of sp³-hybridized carbons (Fsp3) is 0.147. The number of carbonyl (C=O) groups excluding carboxylic acids is 2. The zero-order valence-corrected chi connectivity index (χ0v) is 22.3. The fourth-order valence-corrected chi connectivity index (χ4v) is 5.24. The van der Waals surface area contributed by atoms with Gasteiger partial charge in [0.25, 0.3) is 5.91 Å². The quantitative estimate of drug-likeness (QED) is 0.255. The first-order valence-corrected chi connectivity index (χ1v) is 13.4. The summed E-state index contributed by atoms with van der Waals surface area (Å²) in [6.45, 7) is 2.89. The smallest absolute Gasteiger partial charge is 0.339 e. The van der Waals surface area contributed by atoms with Crippen molar-refractivity contribution in [2.45, 2.75) is 19.5 Å². The molecule has 0 unspecified atom stereocenters. The summed E-state index contributed by atoms with van der Waals surface area (Å²) in [4.78, 5) is 32.6. The molecule has 1 amide bonds. The summed E-state index contributed by atoms with van der Waals surface area (Å²) in [7, 11) is 1.33. The Kier molecular flexibility index (Phi) is 7.08. The van der Waals surface area contributed by atoms with Gasteiger partial charge >= 0.3 is 5.97 Å². The van der Waals surface area contributed by atoms with Gasteiger partial charge < -0.3 is 10.1 Å². The maximum absolute atomic E-state index is 13.1. The predicted molar refractivity (Wildman–Crippen MR) is 157 cm³/mol. The molecule has 2 heterocycles. The SMILES string of the molecule is COC(=O)c1ccc(-c2ccc(CN3CCc4ccccc4C3)cc2)cc1NC(=O)c1ccc2ccccc2n1. The van der Waals surface area contributed by atoms with Crippen LogP contribution in [0.3, 0.4) is 0 Å². The molecule has 0 radical (unpaired) electrons. The van der Waals surface area contributed by atoms with Gasteiger partial charge in [-0.25, -0.2) is 9.78 Å². The lowest BCUT2D eigenvalue weighted by atomic mass is 9.98. The van der Waals surface area contributed by atoms with Crippen LogP contribution >= 0.6 is 0 Å². The third kappa shape index (κ3) is 5.35. The van der Waals surface area contributed by atoms with Crippen LogP contribution in [0, 0.1) is 0 Å². The Hall–Kier alpha value is -4.81. The van der Waals surface area contributed by atoms with Gasteiger partial charge in [-0.05, 0) is 58.5 Å². The van der Waals surface area contributed by atoms with Crippen molar-refractivity contribution in [3.63, 3.8) is 0 Å². The first-order valence-electron chi connectivity index (χ1n) is 13.4. The molecular formula is C34H29N3O3. The molecule has 6 heteroatoms. The van der Waals surface area contributed by atoms with Gasteiger partial charge in [0.15, 0.2) is 0 Å². The topological polar surface area (TPSA) is 71.5 Å². The largest absolute Gasteiger partial charge is 0.465 e. The number of hydrogen-bond donors (Lipinski definition) is 1. The maximum atomic E-state index is 13.1. The molecule has 6 rings (SSSR count). The van der Waals surface area contributed by atoms with Crippen LogP contribution in [0.4, 0.5) is 5.69 Å². The number of pyridine rings is 1. The average Bonchev–Trinajstić information content (AvgIpc) is 3.00. The number of nitrogens with one attached hydrogen (secondary N) is 1. The highest BCUT2D eigenvalue weighted by Gasteiger charge is 2.18. The molecule has 0 fully saturated rings. The zero-order chi connectivity index (χ0) is 27.5. The van der Waals surface area contributed by atoms with Gasteiger partial charge in [0.2, 0.25) is 0 Å². The summed E-state index contributed by atoms with van der Waals surface area (Å²) in [5, 5.41) is 3.83. The van der Waals surface area contributed by atoms with Gasteiger partial charge in [-0.1, -0.05) is 78.9 Å². The summed E-state index contributed by atoms with van der Waals surface area (Å²) in [5.41, 5.74) is 7.62. The van der Waals surface area contributed by atoms with Crippen molar-refractivity contribution in [2.24, 2.45) is 0 Å². The fourth-order valence-electron chi connectivity index (χ4n) is 5.24. The van der Waals surface area contributed by atoms with Crippen LogP contribution in [-0.4, -0.2) is 35.4 Å². The second-order valence-corrected chi connectivity index (χ2v) is 10.0. The Morgan fingerprint density at radius 3 is 2.42 bits per heavy atom. The number of amides is 1. The first kappa shape index (κ1) is 25.5. The third-order valence-corrected chi connectivity index (χ3v) is 7.41. The van der Waals surface area contributed by atoms with E-state index in [-0.39, 0.29) is 11.3 Å². The minimum atomic E-state index is -0.522. The number of rotatable bonds is 6. The van der Waals surface area contributed by atoms with E-state index >= 15 is 0 Å². The molecule has 6 nitrogen and oxygen atoms in total. The summed E-state index contributed by atoms with van der Waals surface area (Å²) < 4.78 is 4.97. The van der Waals surface area contributed by atoms with E-state index in [2.05, 4.69) is 63.7 Å². The Bertz CT molecular complexity index is 1710. The maximum Gasteiger partial charge on any atom is 0.339 e. The van der Waals surface area contributed by atoms with Crippen LogP contribution in [0.1, 0.15) is 37.5 Å². The molecule has 40 heavy (non-hydrogen) atoms. The average molecular weight is 528 g/mol. The Balaban J connectivity index is 1.22. The number of hydrogen-bond acceptors (Lipinski definition) is 5. The highest BCUT2D eigenvalue weighted by atomic mass is 16.5. The van der Waals surface area contributed by atoms with Gasteiger partial charge in [0.05, 0.1) is 23.9 Å². The number of nitrogens with zero attached hydrogens (tertiary/aromatic N) is 2. The summed E-state index contributed by atoms with van der Waals surface area (Å²) in [5.74, 6) is -0.918. The number of ether oxygens (including phenoxy) is 1. The van der Waals surface area contributed by atoms with Crippen molar-refractivity contribution < 1.29 is 14.3 Å². The van der Waals surface area contributed by atoms with Crippen molar-refractivity contribution >= 4 is 28.5 Å². The molecule has 1 aromatic heterocycles. The molecule has 198 valence electrons. The lowest BCUT2D eigenvalue weighted by molar-refractivity contribution is 0.0602. The Morgan fingerprint density at radius 2 is 1.60 bits per heavy atom. The molecule has 5 aromatic rings. The molecule has 0 spiro atoms. The normalized spacial score (nSPS) is 13.0. The van der Waals surface area contributed by atoms with E-state index in [4.69, 9.17) is 4.74 Å². The number of aromatic nitrogens is 1. The highest BCUT2D eigenvalue weighted by Crippen LogP contribution is 2.28. The number of methoxy groups -OCH3 is 1. The van der Waals surface area contributed by atoms with E-state index in [9.17, 15) is 9.59 Å². The van der Waals surface area contributed by atoms with E-state index < -0.39 is 11.9 Å². The minimum Gasteiger partial charge on any atom is -0.465 e. The molecule has 0 saturated carbocycles. The van der Waals surface area contributed by atoms with E-state index in [1.807, 2.05) is 42.5 Å². The molecule has 1 aliphatic rings. The molecule has 0 bridgehead atoms. The molecule has 1 aliphatic heterocycles. The van der Waals surface area contributed by atoms with Crippen molar-refractivity contribution in [2.75, 3.05) is 19.0 Å². The Labute approximate surface area is 233 Å². The van der Waals surface area contributed by atoms with Crippen molar-refractivity contribution in [1.29, 1.82) is 0 Å². The van der Waals surface area contributed by atoms with Crippen LogP contribution in [0.25, 0.3) is 22.0 Å². The van der Waals surface area contributed by atoms with Gasteiger partial charge in [-0.2, -0.15) is 0 Å². The first-order chi connectivity index (χ1) is 19.6. The zero-order valence-electron chi connectivity index (χ0n) is 22.3. The van der Waals surface area contributed by atoms with E-state index in [1.54, 1.807) is 12.1 Å². The summed E-state index contributed by atoms with van der Waals surface area (Å²) >= 11 is 0. The third-order valence-electron chi connectivity index (χ3n) is 7.41. The highest BCUT2D eigenvalue weighted by molar-refractivity contribution is 6.08. The summed E-state index contributed by atoms with van der Waals surface area (Å²) in [6.07, 6.45) is 1.07. The molecule has 1 N–H and O–H groups in total. The number of esters is 1. The monoisotopic (exact) mass is 527 g/mol. The van der Waals surface area contributed by atoms with E-state index in [1.165, 1.54) is 23.8 Å². The van der Waals surface area contributed by atoms with E-state index in [0.29, 0.717) is 5.69 Å². The standard InChI is InChI=1S/C34H29N3O3/c1-40-34(39)29-16-14-27(20-32(29)36-33(38)31-17-15-26-7-4-5-9-30(26)35-31)25-12-10-23(11-13-25)21-37-19-18-24-6-2-3-8-28(24)22-37/h2-17,20H,18-19,21-22H2,1H3,(H,36,38). The number of fused-ring (bicyclic) bond motifs is 2. The molecule has 4 aromatic carbocycles. The number of benzene rings is 4. The molecule has 0 atom stereocenters. The lowest BCUT2D eigenvalue weighted by Gasteiger charge is -2.28.